The lowest BCUT2D eigenvalue weighted by Gasteiger charge is -2.30. The van der Waals surface area contributed by atoms with Crippen LogP contribution < -0.4 is 5.32 Å². The van der Waals surface area contributed by atoms with Crippen molar-refractivity contribution >= 4 is 40.6 Å². The van der Waals surface area contributed by atoms with Crippen LogP contribution >= 0.6 is 23.1 Å². The van der Waals surface area contributed by atoms with Gasteiger partial charge in [-0.15, -0.1) is 11.3 Å². The Morgan fingerprint density at radius 1 is 1.30 bits per heavy atom. The standard InChI is InChI=1S/C19H22FN3O2S2/c1-13-6-8-23(9-7-13)18(25)10-16-11-26-19(22-16)27-12-17(24)21-15-4-2-14(20)3-5-15/h2-5,11,13H,6-10,12H2,1H3,(H,21,24). The minimum absolute atomic E-state index is 0.123. The molecule has 1 N–H and O–H groups in total. The summed E-state index contributed by atoms with van der Waals surface area (Å²) in [6, 6.07) is 5.64. The molecule has 0 saturated carbocycles. The summed E-state index contributed by atoms with van der Waals surface area (Å²) < 4.78 is 13.6. The van der Waals surface area contributed by atoms with Gasteiger partial charge in [0, 0.05) is 24.2 Å². The summed E-state index contributed by atoms with van der Waals surface area (Å²) in [5.41, 5.74) is 1.31. The fourth-order valence-electron chi connectivity index (χ4n) is 2.82. The van der Waals surface area contributed by atoms with Crippen molar-refractivity contribution in [3.63, 3.8) is 0 Å². The maximum atomic E-state index is 12.9. The summed E-state index contributed by atoms with van der Waals surface area (Å²) in [7, 11) is 0. The van der Waals surface area contributed by atoms with Gasteiger partial charge in [0.15, 0.2) is 4.34 Å². The third-order valence-corrected chi connectivity index (χ3v) is 6.52. The van der Waals surface area contributed by atoms with Crippen LogP contribution in [0.15, 0.2) is 34.0 Å². The average molecular weight is 408 g/mol. The van der Waals surface area contributed by atoms with Crippen molar-refractivity contribution in [2.24, 2.45) is 5.92 Å². The zero-order valence-corrected chi connectivity index (χ0v) is 16.7. The first-order chi connectivity index (χ1) is 13.0. The molecule has 3 rings (SSSR count). The van der Waals surface area contributed by atoms with Crippen LogP contribution in [-0.2, 0) is 16.0 Å². The van der Waals surface area contributed by atoms with E-state index in [2.05, 4.69) is 17.2 Å². The van der Waals surface area contributed by atoms with E-state index in [1.54, 1.807) is 0 Å². The Morgan fingerprint density at radius 2 is 2.00 bits per heavy atom. The zero-order valence-electron chi connectivity index (χ0n) is 15.1. The average Bonchev–Trinajstić information content (AvgIpc) is 3.10. The molecule has 144 valence electrons. The number of halogens is 1. The summed E-state index contributed by atoms with van der Waals surface area (Å²) in [6.45, 7) is 3.88. The number of aromatic nitrogens is 1. The summed E-state index contributed by atoms with van der Waals surface area (Å²) in [6.07, 6.45) is 2.44. The third-order valence-electron chi connectivity index (χ3n) is 4.45. The lowest BCUT2D eigenvalue weighted by atomic mass is 9.99. The van der Waals surface area contributed by atoms with Crippen LogP contribution in [0.1, 0.15) is 25.5 Å². The molecule has 0 unspecified atom stereocenters. The molecule has 8 heteroatoms. The van der Waals surface area contributed by atoms with E-state index in [9.17, 15) is 14.0 Å². The second kappa shape index (κ2) is 9.32. The maximum Gasteiger partial charge on any atom is 0.234 e. The first-order valence-electron chi connectivity index (χ1n) is 8.90. The topological polar surface area (TPSA) is 62.3 Å². The van der Waals surface area contributed by atoms with E-state index in [-0.39, 0.29) is 23.4 Å². The minimum Gasteiger partial charge on any atom is -0.342 e. The number of thiazole rings is 1. The number of likely N-dealkylation sites (tertiary alicyclic amines) is 1. The summed E-state index contributed by atoms with van der Waals surface area (Å²) in [4.78, 5) is 30.7. The molecule has 1 aromatic carbocycles. The molecule has 1 aliphatic rings. The van der Waals surface area contributed by atoms with Gasteiger partial charge >= 0.3 is 0 Å². The minimum atomic E-state index is -0.341. The third kappa shape index (κ3) is 6.04. The molecule has 1 fully saturated rings. The van der Waals surface area contributed by atoms with Crippen molar-refractivity contribution < 1.29 is 14.0 Å². The number of thioether (sulfide) groups is 1. The Morgan fingerprint density at radius 3 is 2.70 bits per heavy atom. The number of hydrogen-bond donors (Lipinski definition) is 1. The van der Waals surface area contributed by atoms with Crippen LogP contribution in [-0.4, -0.2) is 40.5 Å². The summed E-state index contributed by atoms with van der Waals surface area (Å²) >= 11 is 2.77. The first kappa shape index (κ1) is 19.8. The molecule has 0 atom stereocenters. The van der Waals surface area contributed by atoms with Crippen LogP contribution in [0.5, 0.6) is 0 Å². The Hall–Kier alpha value is -1.93. The lowest BCUT2D eigenvalue weighted by Crippen LogP contribution is -2.38. The monoisotopic (exact) mass is 407 g/mol. The number of carbonyl (C=O) groups excluding carboxylic acids is 2. The Kier molecular flexibility index (Phi) is 6.84. The van der Waals surface area contributed by atoms with Crippen LogP contribution in [0.2, 0.25) is 0 Å². The normalized spacial score (nSPS) is 15.0. The SMILES string of the molecule is CC1CCN(C(=O)Cc2csc(SCC(=O)Nc3ccc(F)cc3)n2)CC1. The van der Waals surface area contributed by atoms with Gasteiger partial charge in [0.1, 0.15) is 5.82 Å². The van der Waals surface area contributed by atoms with Gasteiger partial charge in [-0.1, -0.05) is 18.7 Å². The smallest absolute Gasteiger partial charge is 0.234 e. The number of amides is 2. The number of nitrogens with zero attached hydrogens (tertiary/aromatic N) is 2. The van der Waals surface area contributed by atoms with Gasteiger partial charge in [0.25, 0.3) is 0 Å². The fourth-order valence-corrected chi connectivity index (χ4v) is 4.46. The van der Waals surface area contributed by atoms with Crippen molar-refractivity contribution in [1.82, 2.24) is 9.88 Å². The van der Waals surface area contributed by atoms with E-state index in [0.717, 1.165) is 36.0 Å². The molecule has 1 aliphatic heterocycles. The largest absolute Gasteiger partial charge is 0.342 e. The number of anilines is 1. The van der Waals surface area contributed by atoms with Crippen molar-refractivity contribution in [3.8, 4) is 0 Å². The molecule has 1 saturated heterocycles. The molecule has 0 spiro atoms. The highest BCUT2D eigenvalue weighted by atomic mass is 32.2. The lowest BCUT2D eigenvalue weighted by molar-refractivity contribution is -0.131. The van der Waals surface area contributed by atoms with Crippen LogP contribution in [0.25, 0.3) is 0 Å². The van der Waals surface area contributed by atoms with Crippen molar-refractivity contribution in [3.05, 3.63) is 41.2 Å². The number of rotatable bonds is 6. The van der Waals surface area contributed by atoms with Gasteiger partial charge in [-0.25, -0.2) is 9.37 Å². The Labute approximate surface area is 166 Å². The van der Waals surface area contributed by atoms with Gasteiger partial charge in [-0.2, -0.15) is 0 Å². The zero-order chi connectivity index (χ0) is 19.2. The van der Waals surface area contributed by atoms with E-state index in [1.165, 1.54) is 47.4 Å². The summed E-state index contributed by atoms with van der Waals surface area (Å²) in [5.74, 6) is 0.505. The molecule has 0 bridgehead atoms. The van der Waals surface area contributed by atoms with Crippen molar-refractivity contribution in [2.45, 2.75) is 30.5 Å². The Balaban J connectivity index is 1.44. The van der Waals surface area contributed by atoms with Gasteiger partial charge < -0.3 is 10.2 Å². The molecule has 1 aromatic heterocycles. The molecule has 2 heterocycles. The predicted octanol–water partition coefficient (Wildman–Crippen LogP) is 3.81. The highest BCUT2D eigenvalue weighted by Crippen LogP contribution is 2.24. The number of nitrogens with one attached hydrogen (secondary N) is 1. The second-order valence-corrected chi connectivity index (χ2v) is 8.77. The first-order valence-corrected chi connectivity index (χ1v) is 10.8. The van der Waals surface area contributed by atoms with E-state index < -0.39 is 0 Å². The van der Waals surface area contributed by atoms with E-state index in [0.29, 0.717) is 18.0 Å². The number of benzene rings is 1. The predicted molar refractivity (Wildman–Crippen MR) is 107 cm³/mol. The molecule has 2 amide bonds. The Bertz CT molecular complexity index is 787. The van der Waals surface area contributed by atoms with Crippen molar-refractivity contribution in [2.75, 3.05) is 24.2 Å². The highest BCUT2D eigenvalue weighted by molar-refractivity contribution is 8.01. The quantitative estimate of drug-likeness (QED) is 0.740. The van der Waals surface area contributed by atoms with E-state index in [1.807, 2.05) is 10.3 Å². The fraction of sp³-hybridized carbons (Fsp3) is 0.421. The van der Waals surface area contributed by atoms with E-state index >= 15 is 0 Å². The maximum absolute atomic E-state index is 12.9. The molecule has 5 nitrogen and oxygen atoms in total. The number of piperidine rings is 1. The van der Waals surface area contributed by atoms with Gasteiger partial charge in [-0.05, 0) is 43.0 Å². The summed E-state index contributed by atoms with van der Waals surface area (Å²) in [5, 5.41) is 4.59. The molecular weight excluding hydrogens is 385 g/mol. The van der Waals surface area contributed by atoms with Gasteiger partial charge in [-0.3, -0.25) is 9.59 Å². The van der Waals surface area contributed by atoms with Gasteiger partial charge in [0.2, 0.25) is 11.8 Å². The van der Waals surface area contributed by atoms with Crippen LogP contribution in [0.3, 0.4) is 0 Å². The highest BCUT2D eigenvalue weighted by Gasteiger charge is 2.21. The van der Waals surface area contributed by atoms with Crippen molar-refractivity contribution in [1.29, 1.82) is 0 Å². The molecule has 0 aliphatic carbocycles. The second-order valence-electron chi connectivity index (χ2n) is 6.69. The number of hydrogen-bond acceptors (Lipinski definition) is 5. The molecule has 27 heavy (non-hydrogen) atoms. The van der Waals surface area contributed by atoms with E-state index in [4.69, 9.17) is 0 Å². The van der Waals surface area contributed by atoms with Gasteiger partial charge in [0.05, 0.1) is 17.9 Å². The number of carbonyl (C=O) groups is 2. The van der Waals surface area contributed by atoms with Crippen LogP contribution in [0.4, 0.5) is 10.1 Å². The molecular formula is C19H22FN3O2S2. The van der Waals surface area contributed by atoms with Crippen LogP contribution in [0, 0.1) is 11.7 Å². The molecule has 2 aromatic rings. The molecule has 0 radical (unpaired) electrons.